The maximum atomic E-state index is 13.6. The Labute approximate surface area is 221 Å². The second-order valence-electron chi connectivity index (χ2n) is 9.21. The molecule has 12 heteroatoms. The molecule has 0 bridgehead atoms. The Morgan fingerprint density at radius 2 is 1.78 bits per heavy atom. The van der Waals surface area contributed by atoms with Gasteiger partial charge in [0.15, 0.2) is 0 Å². The zero-order valence-electron chi connectivity index (χ0n) is 20.8. The molecule has 1 aliphatic carbocycles. The minimum atomic E-state index is -3.99. The molecular formula is C25H31ClN4O6S. The van der Waals surface area contributed by atoms with Gasteiger partial charge in [-0.15, -0.1) is 0 Å². The van der Waals surface area contributed by atoms with Crippen LogP contribution < -0.4 is 9.62 Å². The number of nitrogens with one attached hydrogen (secondary N) is 1. The van der Waals surface area contributed by atoms with E-state index in [4.69, 9.17) is 11.6 Å². The summed E-state index contributed by atoms with van der Waals surface area (Å²) in [5.74, 6) is -0.950. The fourth-order valence-electron chi connectivity index (χ4n) is 4.31. The Bertz CT molecular complexity index is 1230. The van der Waals surface area contributed by atoms with Crippen molar-refractivity contribution in [2.75, 3.05) is 17.1 Å². The molecule has 1 fully saturated rings. The normalized spacial score (nSPS) is 15.0. The number of halogens is 1. The van der Waals surface area contributed by atoms with E-state index in [1.54, 1.807) is 31.2 Å². The maximum Gasteiger partial charge on any atom is 0.271 e. The Kier molecular flexibility index (Phi) is 9.50. The minimum Gasteiger partial charge on any atom is -0.352 e. The number of carbonyl (C=O) groups is 2. The summed E-state index contributed by atoms with van der Waals surface area (Å²) in [5, 5.41) is 14.8. The van der Waals surface area contributed by atoms with Crippen molar-refractivity contribution in [3.63, 3.8) is 0 Å². The molecule has 2 aromatic rings. The van der Waals surface area contributed by atoms with Gasteiger partial charge >= 0.3 is 0 Å². The van der Waals surface area contributed by atoms with E-state index in [-0.39, 0.29) is 29.9 Å². The second kappa shape index (κ2) is 12.4. The highest BCUT2D eigenvalue weighted by atomic mass is 35.5. The van der Waals surface area contributed by atoms with Crippen molar-refractivity contribution < 1.29 is 22.9 Å². The largest absolute Gasteiger partial charge is 0.352 e. The number of carbonyl (C=O) groups excluding carboxylic acids is 2. The molecule has 10 nitrogen and oxygen atoms in total. The number of hydrogen-bond donors (Lipinski definition) is 1. The van der Waals surface area contributed by atoms with Gasteiger partial charge < -0.3 is 10.2 Å². The summed E-state index contributed by atoms with van der Waals surface area (Å²) < 4.78 is 26.1. The first kappa shape index (κ1) is 28.4. The van der Waals surface area contributed by atoms with Crippen molar-refractivity contribution in [3.8, 4) is 0 Å². The van der Waals surface area contributed by atoms with Gasteiger partial charge in [-0.1, -0.05) is 49.1 Å². The van der Waals surface area contributed by atoms with Crippen LogP contribution in [0.4, 0.5) is 11.4 Å². The van der Waals surface area contributed by atoms with Crippen molar-refractivity contribution in [1.82, 2.24) is 10.2 Å². The highest BCUT2D eigenvalue weighted by molar-refractivity contribution is 7.92. The molecule has 37 heavy (non-hydrogen) atoms. The van der Waals surface area contributed by atoms with Crippen molar-refractivity contribution in [3.05, 3.63) is 69.2 Å². The van der Waals surface area contributed by atoms with Crippen molar-refractivity contribution >= 4 is 44.8 Å². The number of sulfonamides is 1. The van der Waals surface area contributed by atoms with Gasteiger partial charge in [-0.05, 0) is 43.5 Å². The van der Waals surface area contributed by atoms with Crippen LogP contribution in [0.5, 0.6) is 0 Å². The van der Waals surface area contributed by atoms with Gasteiger partial charge in [0.25, 0.3) is 5.69 Å². The van der Waals surface area contributed by atoms with Gasteiger partial charge in [-0.3, -0.25) is 24.0 Å². The average molecular weight is 551 g/mol. The molecule has 2 amide bonds. The summed E-state index contributed by atoms with van der Waals surface area (Å²) in [6, 6.07) is 11.0. The molecule has 0 unspecified atom stereocenters. The number of hydrogen-bond acceptors (Lipinski definition) is 6. The maximum absolute atomic E-state index is 13.6. The van der Waals surface area contributed by atoms with Gasteiger partial charge in [-0.2, -0.15) is 0 Å². The molecule has 0 radical (unpaired) electrons. The summed E-state index contributed by atoms with van der Waals surface area (Å²) >= 11 is 5.99. The van der Waals surface area contributed by atoms with E-state index in [1.807, 2.05) is 0 Å². The molecule has 1 atom stereocenters. The van der Waals surface area contributed by atoms with Crippen molar-refractivity contribution in [2.45, 2.75) is 57.7 Å². The van der Waals surface area contributed by atoms with Gasteiger partial charge in [0.1, 0.15) is 12.6 Å². The minimum absolute atomic E-state index is 0.0178. The lowest BCUT2D eigenvalue weighted by Gasteiger charge is -2.33. The zero-order valence-corrected chi connectivity index (χ0v) is 22.4. The number of nitrogens with zero attached hydrogens (tertiary/aromatic N) is 3. The van der Waals surface area contributed by atoms with Gasteiger partial charge in [0, 0.05) is 29.7 Å². The Morgan fingerprint density at radius 3 is 2.38 bits per heavy atom. The highest BCUT2D eigenvalue weighted by Gasteiger charge is 2.31. The summed E-state index contributed by atoms with van der Waals surface area (Å²) in [6.45, 7) is 1.01. The third kappa shape index (κ3) is 7.90. The molecule has 1 saturated carbocycles. The molecule has 1 aliphatic rings. The van der Waals surface area contributed by atoms with E-state index >= 15 is 0 Å². The van der Waals surface area contributed by atoms with E-state index in [0.717, 1.165) is 48.7 Å². The quantitative estimate of drug-likeness (QED) is 0.353. The smallest absolute Gasteiger partial charge is 0.271 e. The lowest BCUT2D eigenvalue weighted by atomic mass is 9.95. The number of nitro groups is 1. The molecule has 0 heterocycles. The van der Waals surface area contributed by atoms with E-state index in [1.165, 1.54) is 23.1 Å². The highest BCUT2D eigenvalue weighted by Crippen LogP contribution is 2.24. The van der Waals surface area contributed by atoms with Crippen LogP contribution in [0, 0.1) is 10.1 Å². The molecular weight excluding hydrogens is 520 g/mol. The van der Waals surface area contributed by atoms with Crippen molar-refractivity contribution in [2.24, 2.45) is 0 Å². The number of non-ortho nitro benzene ring substituents is 1. The van der Waals surface area contributed by atoms with E-state index in [9.17, 15) is 28.1 Å². The summed E-state index contributed by atoms with van der Waals surface area (Å²) in [7, 11) is -3.99. The van der Waals surface area contributed by atoms with Crippen LogP contribution in [0.3, 0.4) is 0 Å². The molecule has 0 saturated heterocycles. The monoisotopic (exact) mass is 550 g/mol. The summed E-state index contributed by atoms with van der Waals surface area (Å²) in [6.07, 6.45) is 5.85. The first-order valence-electron chi connectivity index (χ1n) is 12.0. The van der Waals surface area contributed by atoms with Crippen LogP contribution in [-0.4, -0.2) is 54.9 Å². The second-order valence-corrected chi connectivity index (χ2v) is 11.6. The molecule has 2 aromatic carbocycles. The topological polar surface area (TPSA) is 130 Å². The van der Waals surface area contributed by atoms with Crippen LogP contribution in [0.1, 0.15) is 44.6 Å². The molecule has 1 N–H and O–H groups in total. The predicted octanol–water partition coefficient (Wildman–Crippen LogP) is 3.88. The molecule has 200 valence electrons. The fraction of sp³-hybridized carbons (Fsp3) is 0.440. The number of amides is 2. The summed E-state index contributed by atoms with van der Waals surface area (Å²) in [4.78, 5) is 38.6. The molecule has 3 rings (SSSR count). The van der Waals surface area contributed by atoms with Crippen LogP contribution in [-0.2, 0) is 26.2 Å². The third-order valence-electron chi connectivity index (χ3n) is 6.39. The van der Waals surface area contributed by atoms with Gasteiger partial charge in [0.05, 0.1) is 16.9 Å². The van der Waals surface area contributed by atoms with Gasteiger partial charge in [-0.25, -0.2) is 8.42 Å². The standard InChI is InChI=1S/C25H31ClN4O6S/c1-18(25(32)27-21-7-4-3-5-8-21)28(16-19-11-13-20(26)14-12-19)24(31)17-29(37(2,35)36)22-9-6-10-23(15-22)30(33)34/h6,9-15,18,21H,3-5,7-8,16-17H2,1-2H3,(H,27,32)/t18-/m1/s1. The van der Waals surface area contributed by atoms with E-state index in [2.05, 4.69) is 5.32 Å². The number of benzene rings is 2. The number of nitro benzene ring substituents is 1. The average Bonchev–Trinajstić information content (AvgIpc) is 2.86. The van der Waals surface area contributed by atoms with Crippen LogP contribution >= 0.6 is 11.6 Å². The van der Waals surface area contributed by atoms with Crippen LogP contribution in [0.15, 0.2) is 48.5 Å². The van der Waals surface area contributed by atoms with E-state index in [0.29, 0.717) is 10.6 Å². The Morgan fingerprint density at radius 1 is 1.14 bits per heavy atom. The zero-order chi connectivity index (χ0) is 27.2. The van der Waals surface area contributed by atoms with Gasteiger partial charge in [0.2, 0.25) is 21.8 Å². The molecule has 0 aromatic heterocycles. The van der Waals surface area contributed by atoms with Crippen LogP contribution in [0.2, 0.25) is 5.02 Å². The lowest BCUT2D eigenvalue weighted by Crippen LogP contribution is -2.52. The lowest BCUT2D eigenvalue weighted by molar-refractivity contribution is -0.384. The van der Waals surface area contributed by atoms with Crippen LogP contribution in [0.25, 0.3) is 0 Å². The summed E-state index contributed by atoms with van der Waals surface area (Å²) in [5.41, 5.74) is 0.379. The Hall–Kier alpha value is -3.18. The number of anilines is 1. The molecule has 0 aliphatic heterocycles. The fourth-order valence-corrected chi connectivity index (χ4v) is 5.28. The SMILES string of the molecule is C[C@H](C(=O)NC1CCCCC1)N(Cc1ccc(Cl)cc1)C(=O)CN(c1cccc([N+](=O)[O-])c1)S(C)(=O)=O. The predicted molar refractivity (Wildman–Crippen MR) is 142 cm³/mol. The van der Waals surface area contributed by atoms with Crippen molar-refractivity contribution in [1.29, 1.82) is 0 Å². The Balaban J connectivity index is 1.89. The van der Waals surface area contributed by atoms with E-state index < -0.39 is 33.4 Å². The first-order chi connectivity index (χ1) is 17.5. The first-order valence-corrected chi connectivity index (χ1v) is 14.2. The third-order valence-corrected chi connectivity index (χ3v) is 7.79. The molecule has 0 spiro atoms. The number of rotatable bonds is 10.